The van der Waals surface area contributed by atoms with Gasteiger partial charge in [-0.25, -0.2) is 8.42 Å². The van der Waals surface area contributed by atoms with Gasteiger partial charge in [-0.1, -0.05) is 73.0 Å². The molecule has 218 valence electrons. The Morgan fingerprint density at radius 1 is 0.927 bits per heavy atom. The van der Waals surface area contributed by atoms with E-state index < -0.39 is 28.5 Å². The van der Waals surface area contributed by atoms with Gasteiger partial charge in [-0.3, -0.25) is 13.9 Å². The van der Waals surface area contributed by atoms with Gasteiger partial charge in [0.2, 0.25) is 21.8 Å². The highest BCUT2D eigenvalue weighted by Crippen LogP contribution is 2.24. The van der Waals surface area contributed by atoms with E-state index in [1.54, 1.807) is 24.3 Å². The summed E-state index contributed by atoms with van der Waals surface area (Å²) in [6.45, 7) is 1.70. The molecule has 1 fully saturated rings. The van der Waals surface area contributed by atoms with Crippen LogP contribution in [0.1, 0.15) is 42.4 Å². The first-order valence-electron chi connectivity index (χ1n) is 13.9. The predicted molar refractivity (Wildman–Crippen MR) is 161 cm³/mol. The van der Waals surface area contributed by atoms with E-state index in [-0.39, 0.29) is 18.5 Å². The largest absolute Gasteiger partial charge is 0.497 e. The van der Waals surface area contributed by atoms with Gasteiger partial charge in [0.05, 0.1) is 19.1 Å². The van der Waals surface area contributed by atoms with E-state index >= 15 is 0 Å². The minimum Gasteiger partial charge on any atom is -0.497 e. The lowest BCUT2D eigenvalue weighted by molar-refractivity contribution is -0.140. The number of benzene rings is 3. The molecule has 1 N–H and O–H groups in total. The summed E-state index contributed by atoms with van der Waals surface area (Å²) in [6, 6.07) is 23.1. The molecule has 1 atom stereocenters. The second-order valence-corrected chi connectivity index (χ2v) is 12.6. The summed E-state index contributed by atoms with van der Waals surface area (Å²) in [4.78, 5) is 29.6. The number of amides is 2. The van der Waals surface area contributed by atoms with E-state index in [0.29, 0.717) is 17.9 Å². The third-order valence-electron chi connectivity index (χ3n) is 7.49. The van der Waals surface area contributed by atoms with Crippen LogP contribution in [-0.2, 0) is 32.6 Å². The van der Waals surface area contributed by atoms with E-state index in [0.717, 1.165) is 52.9 Å². The first-order chi connectivity index (χ1) is 19.6. The molecule has 0 aromatic heterocycles. The number of hydrogen-bond acceptors (Lipinski definition) is 5. The van der Waals surface area contributed by atoms with E-state index in [4.69, 9.17) is 4.74 Å². The van der Waals surface area contributed by atoms with Crippen LogP contribution in [0.5, 0.6) is 5.75 Å². The van der Waals surface area contributed by atoms with Crippen molar-refractivity contribution in [2.24, 2.45) is 0 Å². The highest BCUT2D eigenvalue weighted by molar-refractivity contribution is 7.92. The number of rotatable bonds is 12. The van der Waals surface area contributed by atoms with Crippen LogP contribution < -0.4 is 14.4 Å². The quantitative estimate of drug-likeness (QED) is 0.343. The van der Waals surface area contributed by atoms with Gasteiger partial charge in [0.15, 0.2) is 0 Å². The summed E-state index contributed by atoms with van der Waals surface area (Å²) in [5.41, 5.74) is 3.18. The number of nitrogens with zero attached hydrogens (tertiary/aromatic N) is 2. The number of hydrogen-bond donors (Lipinski definition) is 1. The standard InChI is InChI=1S/C32H39N3O5S/c1-24-13-15-26(16-14-24)22-34(31(36)23-35(41(3,38)39)28-17-19-29(40-2)20-18-28)30(21-25-9-5-4-6-10-25)32(37)33-27-11-7-8-12-27/h4-6,9-10,13-20,27,30H,7-8,11-12,21-23H2,1-3H3,(H,33,37)/t30-/m1/s1. The van der Waals surface area contributed by atoms with Gasteiger partial charge in [-0.05, 0) is 55.2 Å². The van der Waals surface area contributed by atoms with Crippen LogP contribution in [0.4, 0.5) is 5.69 Å². The topological polar surface area (TPSA) is 96.0 Å². The van der Waals surface area contributed by atoms with E-state index in [1.165, 1.54) is 12.0 Å². The molecule has 0 saturated heterocycles. The van der Waals surface area contributed by atoms with Crippen LogP contribution in [0.15, 0.2) is 78.9 Å². The first-order valence-corrected chi connectivity index (χ1v) is 15.8. The molecule has 2 amide bonds. The summed E-state index contributed by atoms with van der Waals surface area (Å²) >= 11 is 0. The number of anilines is 1. The minimum atomic E-state index is -3.82. The SMILES string of the molecule is COc1ccc(N(CC(=O)N(Cc2ccc(C)cc2)[C@H](Cc2ccccc2)C(=O)NC2CCCC2)S(C)(=O)=O)cc1. The van der Waals surface area contributed by atoms with Crippen LogP contribution >= 0.6 is 0 Å². The van der Waals surface area contributed by atoms with Gasteiger partial charge < -0.3 is 15.0 Å². The molecular weight excluding hydrogens is 538 g/mol. The maximum absolute atomic E-state index is 14.2. The molecule has 3 aromatic rings. The minimum absolute atomic E-state index is 0.0731. The van der Waals surface area contributed by atoms with Crippen molar-refractivity contribution in [3.63, 3.8) is 0 Å². The summed E-state index contributed by atoms with van der Waals surface area (Å²) in [5, 5.41) is 3.18. The summed E-state index contributed by atoms with van der Waals surface area (Å²) in [5.74, 6) is -0.119. The number of carbonyl (C=O) groups excluding carboxylic acids is 2. The Morgan fingerprint density at radius 2 is 1.56 bits per heavy atom. The normalized spacial score (nSPS) is 14.3. The Balaban J connectivity index is 1.71. The molecule has 41 heavy (non-hydrogen) atoms. The Morgan fingerprint density at radius 3 is 2.15 bits per heavy atom. The van der Waals surface area contributed by atoms with Crippen molar-refractivity contribution in [3.8, 4) is 5.75 Å². The van der Waals surface area contributed by atoms with Crippen molar-refractivity contribution < 1.29 is 22.7 Å². The van der Waals surface area contributed by atoms with Gasteiger partial charge in [-0.15, -0.1) is 0 Å². The van der Waals surface area contributed by atoms with Gasteiger partial charge in [0.25, 0.3) is 0 Å². The van der Waals surface area contributed by atoms with Crippen molar-refractivity contribution in [1.82, 2.24) is 10.2 Å². The number of nitrogens with one attached hydrogen (secondary N) is 1. The zero-order valence-corrected chi connectivity index (χ0v) is 24.8. The van der Waals surface area contributed by atoms with E-state index in [9.17, 15) is 18.0 Å². The fourth-order valence-electron chi connectivity index (χ4n) is 5.17. The maximum Gasteiger partial charge on any atom is 0.244 e. The Bertz CT molecular complexity index is 1400. The van der Waals surface area contributed by atoms with E-state index in [2.05, 4.69) is 5.32 Å². The maximum atomic E-state index is 14.2. The van der Waals surface area contributed by atoms with E-state index in [1.807, 2.05) is 61.5 Å². The third kappa shape index (κ3) is 8.33. The van der Waals surface area contributed by atoms with Gasteiger partial charge in [0, 0.05) is 19.0 Å². The first kappa shape index (κ1) is 30.1. The Hall–Kier alpha value is -3.85. The van der Waals surface area contributed by atoms with Crippen LogP contribution in [0.2, 0.25) is 0 Å². The smallest absolute Gasteiger partial charge is 0.244 e. The third-order valence-corrected chi connectivity index (χ3v) is 8.63. The molecule has 0 unspecified atom stereocenters. The molecule has 1 saturated carbocycles. The molecule has 0 radical (unpaired) electrons. The molecule has 9 heteroatoms. The molecule has 1 aliphatic rings. The summed E-state index contributed by atoms with van der Waals surface area (Å²) in [7, 11) is -2.30. The molecule has 3 aromatic carbocycles. The van der Waals surface area contributed by atoms with Crippen molar-refractivity contribution in [2.45, 2.75) is 57.7 Å². The second-order valence-electron chi connectivity index (χ2n) is 10.7. The number of sulfonamides is 1. The van der Waals surface area contributed by atoms with Crippen LogP contribution in [0, 0.1) is 6.92 Å². The molecule has 0 aliphatic heterocycles. The molecule has 8 nitrogen and oxygen atoms in total. The molecule has 1 aliphatic carbocycles. The molecular formula is C32H39N3O5S. The lowest BCUT2D eigenvalue weighted by atomic mass is 10.0. The fraction of sp³-hybridized carbons (Fsp3) is 0.375. The molecule has 0 bridgehead atoms. The van der Waals surface area contributed by atoms with Crippen molar-refractivity contribution in [1.29, 1.82) is 0 Å². The highest BCUT2D eigenvalue weighted by atomic mass is 32.2. The highest BCUT2D eigenvalue weighted by Gasteiger charge is 2.34. The van der Waals surface area contributed by atoms with Gasteiger partial charge in [-0.2, -0.15) is 0 Å². The molecule has 0 spiro atoms. The van der Waals surface area contributed by atoms with Crippen LogP contribution in [0.25, 0.3) is 0 Å². The molecule has 0 heterocycles. The van der Waals surface area contributed by atoms with Crippen molar-refractivity contribution in [2.75, 3.05) is 24.2 Å². The average molecular weight is 578 g/mol. The average Bonchev–Trinajstić information content (AvgIpc) is 3.47. The lowest BCUT2D eigenvalue weighted by Gasteiger charge is -2.34. The van der Waals surface area contributed by atoms with Crippen LogP contribution in [0.3, 0.4) is 0 Å². The lowest BCUT2D eigenvalue weighted by Crippen LogP contribution is -2.54. The fourth-order valence-corrected chi connectivity index (χ4v) is 6.02. The van der Waals surface area contributed by atoms with Gasteiger partial charge >= 0.3 is 0 Å². The second kappa shape index (κ2) is 13.7. The molecule has 4 rings (SSSR count). The zero-order chi connectivity index (χ0) is 29.4. The van der Waals surface area contributed by atoms with Crippen molar-refractivity contribution >= 4 is 27.5 Å². The number of ether oxygens (including phenoxy) is 1. The number of carbonyl (C=O) groups is 2. The predicted octanol–water partition coefficient (Wildman–Crippen LogP) is 4.47. The Labute approximate surface area is 243 Å². The van der Waals surface area contributed by atoms with Crippen LogP contribution in [-0.4, -0.2) is 57.1 Å². The monoisotopic (exact) mass is 577 g/mol. The van der Waals surface area contributed by atoms with Crippen molar-refractivity contribution in [3.05, 3.63) is 95.6 Å². The number of methoxy groups -OCH3 is 1. The Kier molecular flexibility index (Phi) is 10.0. The van der Waals surface area contributed by atoms with Gasteiger partial charge in [0.1, 0.15) is 18.3 Å². The summed E-state index contributed by atoms with van der Waals surface area (Å²) < 4.78 is 32.1. The zero-order valence-electron chi connectivity index (χ0n) is 24.0. The number of aryl methyl sites for hydroxylation is 1. The summed E-state index contributed by atoms with van der Waals surface area (Å²) in [6.07, 6.45) is 5.32.